The molecular formula is C14H8ClNO3. The normalized spacial score (nSPS) is 10.8. The van der Waals surface area contributed by atoms with Crippen molar-refractivity contribution < 1.29 is 14.3 Å². The molecule has 0 atom stereocenters. The van der Waals surface area contributed by atoms with E-state index < -0.39 is 5.97 Å². The highest BCUT2D eigenvalue weighted by atomic mass is 35.5. The fourth-order valence-corrected chi connectivity index (χ4v) is 2.09. The second-order valence-electron chi connectivity index (χ2n) is 3.96. The van der Waals surface area contributed by atoms with Crippen LogP contribution in [0.25, 0.3) is 22.6 Å². The number of hydrogen-bond acceptors (Lipinski definition) is 3. The molecule has 0 fully saturated rings. The summed E-state index contributed by atoms with van der Waals surface area (Å²) in [4.78, 5) is 15.4. The van der Waals surface area contributed by atoms with Gasteiger partial charge in [-0.25, -0.2) is 9.78 Å². The first kappa shape index (κ1) is 11.7. The maximum Gasteiger partial charge on any atom is 0.338 e. The molecule has 0 aliphatic rings. The van der Waals surface area contributed by atoms with E-state index in [2.05, 4.69) is 4.98 Å². The highest BCUT2D eigenvalue weighted by Gasteiger charge is 2.16. The Morgan fingerprint density at radius 2 is 1.95 bits per heavy atom. The fraction of sp³-hybridized carbons (Fsp3) is 0. The molecule has 0 aliphatic heterocycles. The van der Waals surface area contributed by atoms with E-state index in [0.717, 1.165) is 0 Å². The number of benzene rings is 2. The third-order valence-corrected chi connectivity index (χ3v) is 3.08. The molecule has 1 aromatic heterocycles. The summed E-state index contributed by atoms with van der Waals surface area (Å²) >= 11 is 6.07. The summed E-state index contributed by atoms with van der Waals surface area (Å²) in [6.07, 6.45) is 0. The Bertz CT molecular complexity index is 779. The number of aromatic carboxylic acids is 1. The molecule has 3 aromatic rings. The Balaban J connectivity index is 2.26. The Labute approximate surface area is 113 Å². The molecule has 0 spiro atoms. The molecule has 0 unspecified atom stereocenters. The first-order valence-electron chi connectivity index (χ1n) is 5.54. The zero-order valence-electron chi connectivity index (χ0n) is 9.63. The predicted octanol–water partition coefficient (Wildman–Crippen LogP) is 3.85. The number of para-hydroxylation sites is 1. The van der Waals surface area contributed by atoms with Crippen molar-refractivity contribution in [3.8, 4) is 11.5 Å². The van der Waals surface area contributed by atoms with E-state index in [9.17, 15) is 4.79 Å². The van der Waals surface area contributed by atoms with Gasteiger partial charge < -0.3 is 9.52 Å². The first-order chi connectivity index (χ1) is 9.16. The van der Waals surface area contributed by atoms with Gasteiger partial charge in [-0.2, -0.15) is 0 Å². The zero-order valence-corrected chi connectivity index (χ0v) is 10.4. The number of fused-ring (bicyclic) bond motifs is 1. The average molecular weight is 274 g/mol. The molecule has 19 heavy (non-hydrogen) atoms. The number of hydrogen-bond donors (Lipinski definition) is 1. The van der Waals surface area contributed by atoms with Gasteiger partial charge in [-0.05, 0) is 24.3 Å². The van der Waals surface area contributed by atoms with Crippen molar-refractivity contribution in [2.75, 3.05) is 0 Å². The van der Waals surface area contributed by atoms with Gasteiger partial charge in [-0.1, -0.05) is 29.8 Å². The molecule has 5 heteroatoms. The maximum absolute atomic E-state index is 11.1. The number of rotatable bonds is 2. The SMILES string of the molecule is O=C(O)c1cccc2oc(-c3ccccc3Cl)nc12. The molecule has 3 rings (SSSR count). The standard InChI is InChI=1S/C14H8ClNO3/c15-10-6-2-1-4-8(10)13-16-12-9(14(17)18)5-3-7-11(12)19-13/h1-7H,(H,17,18). The quantitative estimate of drug-likeness (QED) is 0.770. The monoisotopic (exact) mass is 273 g/mol. The van der Waals surface area contributed by atoms with Gasteiger partial charge in [0.25, 0.3) is 0 Å². The largest absolute Gasteiger partial charge is 0.478 e. The van der Waals surface area contributed by atoms with E-state index in [0.29, 0.717) is 27.6 Å². The molecule has 94 valence electrons. The molecule has 1 heterocycles. The number of carboxylic acid groups (broad SMARTS) is 1. The summed E-state index contributed by atoms with van der Waals surface area (Å²) in [6.45, 7) is 0. The van der Waals surface area contributed by atoms with E-state index in [1.807, 2.05) is 6.07 Å². The lowest BCUT2D eigenvalue weighted by Crippen LogP contribution is -1.96. The lowest BCUT2D eigenvalue weighted by molar-refractivity contribution is 0.0699. The number of carbonyl (C=O) groups is 1. The van der Waals surface area contributed by atoms with Crippen LogP contribution in [0, 0.1) is 0 Å². The Hall–Kier alpha value is -2.33. The van der Waals surface area contributed by atoms with Crippen molar-refractivity contribution in [2.45, 2.75) is 0 Å². The number of oxazole rings is 1. The molecule has 0 saturated carbocycles. The van der Waals surface area contributed by atoms with Crippen molar-refractivity contribution >= 4 is 28.7 Å². The molecule has 2 aromatic carbocycles. The van der Waals surface area contributed by atoms with Crippen molar-refractivity contribution in [1.82, 2.24) is 4.98 Å². The smallest absolute Gasteiger partial charge is 0.338 e. The average Bonchev–Trinajstić information content (AvgIpc) is 2.82. The van der Waals surface area contributed by atoms with Gasteiger partial charge in [0.1, 0.15) is 5.52 Å². The molecule has 0 amide bonds. The van der Waals surface area contributed by atoms with Gasteiger partial charge in [0.05, 0.1) is 16.1 Å². The van der Waals surface area contributed by atoms with Crippen LogP contribution in [0.5, 0.6) is 0 Å². The lowest BCUT2D eigenvalue weighted by atomic mass is 10.2. The van der Waals surface area contributed by atoms with Gasteiger partial charge in [0, 0.05) is 0 Å². The Morgan fingerprint density at radius 1 is 1.16 bits per heavy atom. The minimum Gasteiger partial charge on any atom is -0.478 e. The van der Waals surface area contributed by atoms with Gasteiger partial charge >= 0.3 is 5.97 Å². The number of halogens is 1. The molecule has 0 aliphatic carbocycles. The van der Waals surface area contributed by atoms with Crippen molar-refractivity contribution in [3.05, 3.63) is 53.1 Å². The van der Waals surface area contributed by atoms with Crippen LogP contribution in [0.4, 0.5) is 0 Å². The minimum absolute atomic E-state index is 0.111. The van der Waals surface area contributed by atoms with Gasteiger partial charge in [0.15, 0.2) is 5.58 Å². The van der Waals surface area contributed by atoms with Crippen LogP contribution in [-0.2, 0) is 0 Å². The Kier molecular flexibility index (Phi) is 2.72. The molecule has 1 N–H and O–H groups in total. The zero-order chi connectivity index (χ0) is 13.4. The van der Waals surface area contributed by atoms with E-state index in [1.165, 1.54) is 6.07 Å². The number of aromatic nitrogens is 1. The van der Waals surface area contributed by atoms with E-state index in [-0.39, 0.29) is 5.56 Å². The number of nitrogens with zero attached hydrogens (tertiary/aromatic N) is 1. The fourth-order valence-electron chi connectivity index (χ4n) is 1.87. The summed E-state index contributed by atoms with van der Waals surface area (Å²) in [5.74, 6) is -0.723. The van der Waals surface area contributed by atoms with E-state index in [4.69, 9.17) is 21.1 Å². The van der Waals surface area contributed by atoms with Gasteiger partial charge in [0.2, 0.25) is 5.89 Å². The van der Waals surface area contributed by atoms with Crippen LogP contribution >= 0.6 is 11.6 Å². The summed E-state index contributed by atoms with van der Waals surface area (Å²) in [5, 5.41) is 9.62. The molecular weight excluding hydrogens is 266 g/mol. The van der Waals surface area contributed by atoms with E-state index in [1.54, 1.807) is 30.3 Å². The maximum atomic E-state index is 11.1. The van der Waals surface area contributed by atoms with Crippen LogP contribution < -0.4 is 0 Å². The van der Waals surface area contributed by atoms with Crippen molar-refractivity contribution in [1.29, 1.82) is 0 Å². The Morgan fingerprint density at radius 3 is 2.68 bits per heavy atom. The van der Waals surface area contributed by atoms with Crippen LogP contribution in [0.2, 0.25) is 5.02 Å². The molecule has 0 saturated heterocycles. The second kappa shape index (κ2) is 4.40. The van der Waals surface area contributed by atoms with Crippen molar-refractivity contribution in [2.24, 2.45) is 0 Å². The highest BCUT2D eigenvalue weighted by molar-refractivity contribution is 6.33. The summed E-state index contributed by atoms with van der Waals surface area (Å²) in [7, 11) is 0. The van der Waals surface area contributed by atoms with Crippen LogP contribution in [0.15, 0.2) is 46.9 Å². The van der Waals surface area contributed by atoms with Gasteiger partial charge in [-0.15, -0.1) is 0 Å². The van der Waals surface area contributed by atoms with Gasteiger partial charge in [-0.3, -0.25) is 0 Å². The highest BCUT2D eigenvalue weighted by Crippen LogP contribution is 2.30. The lowest BCUT2D eigenvalue weighted by Gasteiger charge is -1.96. The molecule has 0 radical (unpaired) electrons. The van der Waals surface area contributed by atoms with E-state index >= 15 is 0 Å². The number of carboxylic acids is 1. The predicted molar refractivity (Wildman–Crippen MR) is 71.4 cm³/mol. The summed E-state index contributed by atoms with van der Waals surface area (Å²) in [6, 6.07) is 11.9. The first-order valence-corrected chi connectivity index (χ1v) is 5.92. The summed E-state index contributed by atoms with van der Waals surface area (Å²) < 4.78 is 5.57. The minimum atomic E-state index is -1.04. The second-order valence-corrected chi connectivity index (χ2v) is 4.36. The van der Waals surface area contributed by atoms with Crippen LogP contribution in [0.3, 0.4) is 0 Å². The third-order valence-electron chi connectivity index (χ3n) is 2.75. The van der Waals surface area contributed by atoms with Crippen molar-refractivity contribution in [3.63, 3.8) is 0 Å². The third kappa shape index (κ3) is 1.96. The molecule has 4 nitrogen and oxygen atoms in total. The summed E-state index contributed by atoms with van der Waals surface area (Å²) in [5.41, 5.74) is 1.50. The van der Waals surface area contributed by atoms with Crippen LogP contribution in [-0.4, -0.2) is 16.1 Å². The van der Waals surface area contributed by atoms with Crippen LogP contribution in [0.1, 0.15) is 10.4 Å². The molecule has 0 bridgehead atoms. The topological polar surface area (TPSA) is 63.3 Å².